The number of aliphatic imine (C=N–C) groups is 2. The van der Waals surface area contributed by atoms with Crippen LogP contribution in [-0.4, -0.2) is 42.4 Å². The van der Waals surface area contributed by atoms with Crippen LogP contribution in [-0.2, 0) is 4.79 Å². The summed E-state index contributed by atoms with van der Waals surface area (Å²) in [5, 5.41) is 2.95. The third-order valence-corrected chi connectivity index (χ3v) is 2.75. The Labute approximate surface area is 107 Å². The topological polar surface area (TPSA) is 83.1 Å². The standard InChI is InChI=1S/C10H17N5O.ClH/c11-9(15-6-2-1-3-7-15)14-10-12-5-4-8(16)13-10;/h1-7H2,(H3,11,12,13,14,16);1H. The van der Waals surface area contributed by atoms with Crippen molar-refractivity contribution in [2.75, 3.05) is 19.6 Å². The van der Waals surface area contributed by atoms with Crippen molar-refractivity contribution < 1.29 is 4.79 Å². The van der Waals surface area contributed by atoms with Gasteiger partial charge in [-0.25, -0.2) is 0 Å². The first-order valence-corrected chi connectivity index (χ1v) is 5.70. The molecule has 0 unspecified atom stereocenters. The van der Waals surface area contributed by atoms with Crippen LogP contribution in [0.25, 0.3) is 0 Å². The fourth-order valence-electron chi connectivity index (χ4n) is 1.86. The van der Waals surface area contributed by atoms with Crippen molar-refractivity contribution >= 4 is 30.2 Å². The highest BCUT2D eigenvalue weighted by molar-refractivity contribution is 6.01. The fourth-order valence-corrected chi connectivity index (χ4v) is 1.86. The van der Waals surface area contributed by atoms with E-state index in [4.69, 9.17) is 5.73 Å². The first kappa shape index (κ1) is 13.8. The second-order valence-corrected chi connectivity index (χ2v) is 4.02. The zero-order valence-electron chi connectivity index (χ0n) is 9.69. The number of nitrogens with two attached hydrogens (primary N) is 1. The monoisotopic (exact) mass is 259 g/mol. The van der Waals surface area contributed by atoms with Crippen LogP contribution in [0.5, 0.6) is 0 Å². The minimum Gasteiger partial charge on any atom is -0.369 e. The van der Waals surface area contributed by atoms with Crippen molar-refractivity contribution in [2.45, 2.75) is 25.7 Å². The molecule has 2 heterocycles. The Morgan fingerprint density at radius 3 is 2.71 bits per heavy atom. The molecule has 0 saturated carbocycles. The van der Waals surface area contributed by atoms with Crippen LogP contribution >= 0.6 is 12.4 Å². The number of nitrogens with zero attached hydrogens (tertiary/aromatic N) is 3. The van der Waals surface area contributed by atoms with Crippen molar-refractivity contribution in [2.24, 2.45) is 15.7 Å². The van der Waals surface area contributed by atoms with E-state index in [0.717, 1.165) is 25.9 Å². The Morgan fingerprint density at radius 2 is 2.06 bits per heavy atom. The maximum Gasteiger partial charge on any atom is 0.250 e. The second-order valence-electron chi connectivity index (χ2n) is 4.02. The lowest BCUT2D eigenvalue weighted by atomic mass is 10.1. The van der Waals surface area contributed by atoms with Gasteiger partial charge in [0.2, 0.25) is 5.96 Å². The summed E-state index contributed by atoms with van der Waals surface area (Å²) in [4.78, 5) is 21.1. The highest BCUT2D eigenvalue weighted by atomic mass is 35.5. The van der Waals surface area contributed by atoms with Crippen LogP contribution in [0.1, 0.15) is 25.7 Å². The number of piperidine rings is 1. The van der Waals surface area contributed by atoms with E-state index in [1.54, 1.807) is 0 Å². The molecule has 17 heavy (non-hydrogen) atoms. The summed E-state index contributed by atoms with van der Waals surface area (Å²) < 4.78 is 0. The molecule has 3 N–H and O–H groups in total. The Bertz CT molecular complexity index is 336. The zero-order valence-corrected chi connectivity index (χ0v) is 10.5. The highest BCUT2D eigenvalue weighted by Gasteiger charge is 2.14. The van der Waals surface area contributed by atoms with Crippen LogP contribution in [0.4, 0.5) is 0 Å². The van der Waals surface area contributed by atoms with Crippen LogP contribution in [0.3, 0.4) is 0 Å². The van der Waals surface area contributed by atoms with Crippen molar-refractivity contribution in [1.82, 2.24) is 10.2 Å². The number of halogens is 1. The van der Waals surface area contributed by atoms with Gasteiger partial charge < -0.3 is 16.0 Å². The molecule has 0 aromatic rings. The lowest BCUT2D eigenvalue weighted by Gasteiger charge is -2.27. The van der Waals surface area contributed by atoms with E-state index in [1.165, 1.54) is 6.42 Å². The Balaban J connectivity index is 0.00000144. The normalized spacial score (nSPS) is 21.4. The molecule has 2 aliphatic rings. The van der Waals surface area contributed by atoms with Gasteiger partial charge in [-0.1, -0.05) is 0 Å². The predicted molar refractivity (Wildman–Crippen MR) is 69.4 cm³/mol. The number of hydrogen-bond acceptors (Lipinski definition) is 3. The predicted octanol–water partition coefficient (Wildman–Crippen LogP) is 0.0847. The molecule has 1 amide bonds. The summed E-state index contributed by atoms with van der Waals surface area (Å²) >= 11 is 0. The summed E-state index contributed by atoms with van der Waals surface area (Å²) in [6.07, 6.45) is 3.98. The number of guanidine groups is 2. The molecule has 1 saturated heterocycles. The van der Waals surface area contributed by atoms with Gasteiger partial charge in [-0.3, -0.25) is 4.79 Å². The summed E-state index contributed by atoms with van der Waals surface area (Å²) in [5.74, 6) is 0.670. The lowest BCUT2D eigenvalue weighted by molar-refractivity contribution is -0.117. The molecular formula is C10H18ClN5O. The lowest BCUT2D eigenvalue weighted by Crippen LogP contribution is -2.42. The SMILES string of the molecule is Cl.NC(=NC1=NC(=O)CCN1)N1CCCCC1. The Morgan fingerprint density at radius 1 is 1.35 bits per heavy atom. The Hall–Kier alpha value is -1.30. The largest absolute Gasteiger partial charge is 0.369 e. The van der Waals surface area contributed by atoms with Gasteiger partial charge in [0, 0.05) is 26.1 Å². The number of hydrogen-bond donors (Lipinski definition) is 2. The van der Waals surface area contributed by atoms with Crippen molar-refractivity contribution in [1.29, 1.82) is 0 Å². The van der Waals surface area contributed by atoms with Gasteiger partial charge in [-0.05, 0) is 19.3 Å². The molecule has 0 aliphatic carbocycles. The molecule has 2 rings (SSSR count). The molecule has 0 spiro atoms. The number of likely N-dealkylation sites (tertiary alicyclic amines) is 1. The number of rotatable bonds is 0. The van der Waals surface area contributed by atoms with Gasteiger partial charge in [0.25, 0.3) is 5.91 Å². The van der Waals surface area contributed by atoms with E-state index in [1.807, 2.05) is 4.90 Å². The Kier molecular flexibility index (Phi) is 5.21. The van der Waals surface area contributed by atoms with Gasteiger partial charge in [0.05, 0.1) is 0 Å². The number of carbonyl (C=O) groups excluding carboxylic acids is 1. The van der Waals surface area contributed by atoms with Crippen LogP contribution in [0.2, 0.25) is 0 Å². The summed E-state index contributed by atoms with van der Waals surface area (Å²) in [6, 6.07) is 0. The smallest absolute Gasteiger partial charge is 0.250 e. The molecule has 0 radical (unpaired) electrons. The van der Waals surface area contributed by atoms with Crippen molar-refractivity contribution in [3.63, 3.8) is 0 Å². The minimum atomic E-state index is -0.135. The van der Waals surface area contributed by atoms with Gasteiger partial charge >= 0.3 is 0 Å². The van der Waals surface area contributed by atoms with Crippen molar-refractivity contribution in [3.8, 4) is 0 Å². The maximum atomic E-state index is 11.1. The zero-order chi connectivity index (χ0) is 11.4. The average molecular weight is 260 g/mol. The van der Waals surface area contributed by atoms with Crippen LogP contribution < -0.4 is 11.1 Å². The molecule has 6 nitrogen and oxygen atoms in total. The molecule has 1 fully saturated rings. The van der Waals surface area contributed by atoms with Gasteiger partial charge in [0.1, 0.15) is 0 Å². The quantitative estimate of drug-likeness (QED) is 0.477. The minimum absolute atomic E-state index is 0. The maximum absolute atomic E-state index is 11.1. The van der Waals surface area contributed by atoms with E-state index in [-0.39, 0.29) is 18.3 Å². The van der Waals surface area contributed by atoms with E-state index >= 15 is 0 Å². The number of nitrogens with one attached hydrogen (secondary N) is 1. The molecular weight excluding hydrogens is 242 g/mol. The van der Waals surface area contributed by atoms with E-state index in [2.05, 4.69) is 15.3 Å². The van der Waals surface area contributed by atoms with E-state index in [9.17, 15) is 4.79 Å². The van der Waals surface area contributed by atoms with E-state index < -0.39 is 0 Å². The second kappa shape index (κ2) is 6.44. The molecule has 96 valence electrons. The van der Waals surface area contributed by atoms with Crippen LogP contribution in [0.15, 0.2) is 9.98 Å². The molecule has 0 atom stereocenters. The molecule has 7 heteroatoms. The summed E-state index contributed by atoms with van der Waals surface area (Å²) in [6.45, 7) is 2.47. The third kappa shape index (κ3) is 3.89. The van der Waals surface area contributed by atoms with E-state index in [0.29, 0.717) is 24.9 Å². The first-order chi connectivity index (χ1) is 7.75. The molecule has 0 aromatic heterocycles. The highest BCUT2D eigenvalue weighted by Crippen LogP contribution is 2.08. The number of amides is 1. The summed E-state index contributed by atoms with van der Waals surface area (Å²) in [5.41, 5.74) is 5.87. The van der Waals surface area contributed by atoms with Gasteiger partial charge in [0.15, 0.2) is 5.96 Å². The average Bonchev–Trinajstić information content (AvgIpc) is 2.30. The summed E-state index contributed by atoms with van der Waals surface area (Å²) in [7, 11) is 0. The number of carbonyl (C=O) groups is 1. The third-order valence-electron chi connectivity index (χ3n) is 2.75. The van der Waals surface area contributed by atoms with Gasteiger partial charge in [-0.15, -0.1) is 12.4 Å². The van der Waals surface area contributed by atoms with Gasteiger partial charge in [-0.2, -0.15) is 9.98 Å². The molecule has 0 aromatic carbocycles. The van der Waals surface area contributed by atoms with Crippen molar-refractivity contribution in [3.05, 3.63) is 0 Å². The molecule has 0 bridgehead atoms. The molecule has 2 aliphatic heterocycles. The first-order valence-electron chi connectivity index (χ1n) is 5.70. The fraction of sp³-hybridized carbons (Fsp3) is 0.700. The van der Waals surface area contributed by atoms with Crippen LogP contribution in [0, 0.1) is 0 Å².